The van der Waals surface area contributed by atoms with Gasteiger partial charge in [0, 0.05) is 29.2 Å². The molecule has 4 rings (SSSR count). The molecule has 0 amide bonds. The van der Waals surface area contributed by atoms with Crippen LogP contribution in [0.1, 0.15) is 29.5 Å². The number of hydrogen-bond acceptors (Lipinski definition) is 4. The van der Waals surface area contributed by atoms with Gasteiger partial charge in [0.05, 0.1) is 31.7 Å². The van der Waals surface area contributed by atoms with Gasteiger partial charge in [-0.1, -0.05) is 47.0 Å². The molecule has 2 aromatic carbocycles. The Morgan fingerprint density at radius 3 is 2.69 bits per heavy atom. The fraction of sp³-hybridized carbons (Fsp3) is 0.222. The molecule has 3 atom stereocenters. The Morgan fingerprint density at radius 2 is 1.96 bits per heavy atom. The number of nitrogens with one attached hydrogen (secondary N) is 1. The SMILES string of the molecule is O=[N+]([O-])c1ccc(O)c(C2Nc3c(Cl)cc(Cl)c(Cl)c3C3C=CCC32)c1. The highest BCUT2D eigenvalue weighted by molar-refractivity contribution is 6.44. The van der Waals surface area contributed by atoms with Crippen molar-refractivity contribution < 1.29 is 10.0 Å². The predicted octanol–water partition coefficient (Wildman–Crippen LogP) is 6.09. The number of phenols is 1. The van der Waals surface area contributed by atoms with E-state index in [4.69, 9.17) is 34.8 Å². The quantitative estimate of drug-likeness (QED) is 0.271. The molecule has 5 nitrogen and oxygen atoms in total. The number of fused-ring (bicyclic) bond motifs is 3. The number of hydrogen-bond donors (Lipinski definition) is 2. The van der Waals surface area contributed by atoms with E-state index in [1.54, 1.807) is 6.07 Å². The van der Waals surface area contributed by atoms with Gasteiger partial charge in [-0.3, -0.25) is 10.1 Å². The highest BCUT2D eigenvalue weighted by Crippen LogP contribution is 2.55. The molecule has 1 aliphatic heterocycles. The fourth-order valence-corrected chi connectivity index (χ4v) is 4.68. The standard InChI is InChI=1S/C18H13Cl3N2O3/c19-12-7-13(20)18-15(16(12)21)9-2-1-3-10(9)17(22-18)11-6-8(23(25)26)4-5-14(11)24/h1-2,4-7,9-10,17,22,24H,3H2. The summed E-state index contributed by atoms with van der Waals surface area (Å²) in [5, 5.41) is 26.1. The van der Waals surface area contributed by atoms with Gasteiger partial charge in [-0.2, -0.15) is 0 Å². The van der Waals surface area contributed by atoms with Crippen LogP contribution in [0.5, 0.6) is 5.75 Å². The van der Waals surface area contributed by atoms with Crippen LogP contribution in [0.15, 0.2) is 36.4 Å². The van der Waals surface area contributed by atoms with E-state index in [0.717, 1.165) is 12.0 Å². The van der Waals surface area contributed by atoms with Crippen molar-refractivity contribution in [3.63, 3.8) is 0 Å². The lowest BCUT2D eigenvalue weighted by molar-refractivity contribution is -0.385. The number of nitro benzene ring substituents is 1. The summed E-state index contributed by atoms with van der Waals surface area (Å²) in [6.07, 6.45) is 4.83. The van der Waals surface area contributed by atoms with Gasteiger partial charge >= 0.3 is 0 Å². The normalized spacial score (nSPS) is 23.3. The number of rotatable bonds is 2. The topological polar surface area (TPSA) is 75.4 Å². The van der Waals surface area contributed by atoms with Gasteiger partial charge in [0.15, 0.2) is 0 Å². The van der Waals surface area contributed by atoms with E-state index in [1.807, 2.05) is 12.2 Å². The molecule has 0 saturated heterocycles. The van der Waals surface area contributed by atoms with Crippen LogP contribution >= 0.6 is 34.8 Å². The number of nitro groups is 1. The van der Waals surface area contributed by atoms with Crippen LogP contribution in [0.3, 0.4) is 0 Å². The molecule has 0 spiro atoms. The van der Waals surface area contributed by atoms with Gasteiger partial charge in [0.2, 0.25) is 0 Å². The Bertz CT molecular complexity index is 961. The molecular formula is C18H13Cl3N2O3. The van der Waals surface area contributed by atoms with Gasteiger partial charge < -0.3 is 10.4 Å². The molecule has 0 radical (unpaired) electrons. The van der Waals surface area contributed by atoms with E-state index in [2.05, 4.69) is 5.32 Å². The highest BCUT2D eigenvalue weighted by Gasteiger charge is 2.41. The average Bonchev–Trinajstić information content (AvgIpc) is 3.08. The first-order valence-corrected chi connectivity index (χ1v) is 9.09. The number of benzene rings is 2. The fourth-order valence-electron chi connectivity index (χ4n) is 3.87. The summed E-state index contributed by atoms with van der Waals surface area (Å²) in [6.45, 7) is 0. The van der Waals surface area contributed by atoms with Crippen LogP contribution in [0.25, 0.3) is 0 Å². The number of allylic oxidation sites excluding steroid dienone is 2. The maximum absolute atomic E-state index is 11.1. The second-order valence-electron chi connectivity index (χ2n) is 6.42. The third-order valence-corrected chi connectivity index (χ3v) is 6.14. The summed E-state index contributed by atoms with van der Waals surface area (Å²) in [5.41, 5.74) is 1.85. The van der Waals surface area contributed by atoms with Crippen molar-refractivity contribution in [1.29, 1.82) is 0 Å². The second-order valence-corrected chi connectivity index (χ2v) is 7.61. The van der Waals surface area contributed by atoms with Crippen LogP contribution in [0, 0.1) is 16.0 Å². The number of aromatic hydroxyl groups is 1. The van der Waals surface area contributed by atoms with Gasteiger partial charge in [0.25, 0.3) is 5.69 Å². The third-order valence-electron chi connectivity index (χ3n) is 5.04. The summed E-state index contributed by atoms with van der Waals surface area (Å²) >= 11 is 19.0. The van der Waals surface area contributed by atoms with E-state index < -0.39 is 4.92 Å². The van der Waals surface area contributed by atoms with Gasteiger partial charge in [-0.05, 0) is 24.5 Å². The molecule has 2 aromatic rings. The smallest absolute Gasteiger partial charge is 0.270 e. The largest absolute Gasteiger partial charge is 0.508 e. The monoisotopic (exact) mass is 410 g/mol. The number of non-ortho nitro benzene ring substituents is 1. The van der Waals surface area contributed by atoms with Crippen LogP contribution in [0.2, 0.25) is 15.1 Å². The first kappa shape index (κ1) is 17.5. The van der Waals surface area contributed by atoms with Crippen molar-refractivity contribution in [2.24, 2.45) is 5.92 Å². The minimum atomic E-state index is -0.478. The van der Waals surface area contributed by atoms with Crippen LogP contribution in [-0.4, -0.2) is 10.0 Å². The molecule has 2 N–H and O–H groups in total. The molecule has 3 unspecified atom stereocenters. The molecule has 1 aliphatic carbocycles. The summed E-state index contributed by atoms with van der Waals surface area (Å²) in [6, 6.07) is 5.25. The number of phenolic OH excluding ortho intramolecular Hbond substituents is 1. The molecule has 0 fully saturated rings. The number of halogens is 3. The molecule has 0 saturated carbocycles. The zero-order valence-corrected chi connectivity index (χ0v) is 15.5. The zero-order chi connectivity index (χ0) is 18.6. The molecule has 2 aliphatic rings. The van der Waals surface area contributed by atoms with Crippen LogP contribution < -0.4 is 5.32 Å². The highest BCUT2D eigenvalue weighted by atomic mass is 35.5. The summed E-state index contributed by atoms with van der Waals surface area (Å²) in [4.78, 5) is 10.7. The molecule has 8 heteroatoms. The van der Waals surface area contributed by atoms with Crippen molar-refractivity contribution in [3.8, 4) is 5.75 Å². The summed E-state index contributed by atoms with van der Waals surface area (Å²) < 4.78 is 0. The van der Waals surface area contributed by atoms with Crippen molar-refractivity contribution in [3.05, 3.63) is 72.7 Å². The van der Waals surface area contributed by atoms with E-state index in [0.29, 0.717) is 26.3 Å². The Labute approximate surface area is 164 Å². The summed E-state index contributed by atoms with van der Waals surface area (Å²) in [5.74, 6) is -0.0144. The first-order valence-electron chi connectivity index (χ1n) is 7.96. The second kappa shape index (κ2) is 6.34. The summed E-state index contributed by atoms with van der Waals surface area (Å²) in [7, 11) is 0. The van der Waals surface area contributed by atoms with E-state index in [-0.39, 0.29) is 29.3 Å². The third kappa shape index (κ3) is 2.62. The van der Waals surface area contributed by atoms with Crippen molar-refractivity contribution in [2.45, 2.75) is 18.4 Å². The van der Waals surface area contributed by atoms with Crippen molar-refractivity contribution >= 4 is 46.2 Å². The first-order chi connectivity index (χ1) is 12.4. The predicted molar refractivity (Wildman–Crippen MR) is 103 cm³/mol. The number of nitrogens with zero attached hydrogens (tertiary/aromatic N) is 1. The average molecular weight is 412 g/mol. The molecule has 0 bridgehead atoms. The molecule has 134 valence electrons. The lowest BCUT2D eigenvalue weighted by atomic mass is 9.76. The minimum Gasteiger partial charge on any atom is -0.508 e. The Hall–Kier alpha value is -1.95. The number of anilines is 1. The maximum Gasteiger partial charge on any atom is 0.270 e. The molecule has 26 heavy (non-hydrogen) atoms. The van der Waals surface area contributed by atoms with Gasteiger partial charge in [-0.25, -0.2) is 0 Å². The zero-order valence-electron chi connectivity index (χ0n) is 13.2. The lowest BCUT2D eigenvalue weighted by Gasteiger charge is -2.38. The van der Waals surface area contributed by atoms with Crippen LogP contribution in [-0.2, 0) is 0 Å². The van der Waals surface area contributed by atoms with Gasteiger partial charge in [-0.15, -0.1) is 0 Å². The minimum absolute atomic E-state index is 0.00150. The Morgan fingerprint density at radius 1 is 1.19 bits per heavy atom. The van der Waals surface area contributed by atoms with Crippen molar-refractivity contribution in [2.75, 3.05) is 5.32 Å². The molecule has 0 aromatic heterocycles. The molecule has 1 heterocycles. The Balaban J connectivity index is 1.88. The maximum atomic E-state index is 11.1. The lowest BCUT2D eigenvalue weighted by Crippen LogP contribution is -2.29. The van der Waals surface area contributed by atoms with E-state index in [1.165, 1.54) is 18.2 Å². The van der Waals surface area contributed by atoms with Crippen LogP contribution in [0.4, 0.5) is 11.4 Å². The van der Waals surface area contributed by atoms with Crippen molar-refractivity contribution in [1.82, 2.24) is 0 Å². The van der Waals surface area contributed by atoms with E-state index >= 15 is 0 Å². The van der Waals surface area contributed by atoms with E-state index in [9.17, 15) is 15.2 Å². The molecular weight excluding hydrogens is 399 g/mol. The Kier molecular flexibility index (Phi) is 4.26. The van der Waals surface area contributed by atoms with Gasteiger partial charge in [0.1, 0.15) is 5.75 Å².